The number of carbonyl (C=O) groups excluding carboxylic acids is 1. The Labute approximate surface area is 134 Å². The lowest BCUT2D eigenvalue weighted by atomic mass is 9.90. The van der Waals surface area contributed by atoms with E-state index >= 15 is 0 Å². The smallest absolute Gasteiger partial charge is 0.209 e. The first-order chi connectivity index (χ1) is 11.3. The number of hydrogen-bond acceptors (Lipinski definition) is 3. The topological polar surface area (TPSA) is 41.5 Å². The second kappa shape index (κ2) is 5.69. The third kappa shape index (κ3) is 2.50. The molecular formula is C20H16N2O. The molecule has 1 atom stereocenters. The summed E-state index contributed by atoms with van der Waals surface area (Å²) in [5, 5.41) is 6.47. The molecule has 112 valence electrons. The van der Waals surface area contributed by atoms with Crippen molar-refractivity contribution in [3.63, 3.8) is 0 Å². The molecule has 3 aromatic rings. The highest BCUT2D eigenvalue weighted by molar-refractivity contribution is 6.48. The molecule has 1 heterocycles. The van der Waals surface area contributed by atoms with Gasteiger partial charge in [-0.1, -0.05) is 66.7 Å². The fraction of sp³-hybridized carbons (Fsp3) is 0.100. The van der Waals surface area contributed by atoms with Gasteiger partial charge in [-0.25, -0.2) is 0 Å². The van der Waals surface area contributed by atoms with E-state index in [1.807, 2.05) is 72.8 Å². The van der Waals surface area contributed by atoms with Crippen LogP contribution in [0.1, 0.15) is 21.8 Å². The molecule has 0 saturated heterocycles. The SMILES string of the molecule is O=C(C1=NNCC1c1ccccc1)c1ccc2ccccc2c1. The van der Waals surface area contributed by atoms with Gasteiger partial charge in [-0.15, -0.1) is 0 Å². The van der Waals surface area contributed by atoms with Crippen molar-refractivity contribution in [3.8, 4) is 0 Å². The minimum atomic E-state index is -0.00499. The summed E-state index contributed by atoms with van der Waals surface area (Å²) in [6.45, 7) is 0.665. The maximum Gasteiger partial charge on any atom is 0.209 e. The van der Waals surface area contributed by atoms with E-state index in [0.717, 1.165) is 16.3 Å². The fourth-order valence-electron chi connectivity index (χ4n) is 3.05. The summed E-state index contributed by atoms with van der Waals surface area (Å²) in [4.78, 5) is 12.9. The molecule has 23 heavy (non-hydrogen) atoms. The van der Waals surface area contributed by atoms with Gasteiger partial charge < -0.3 is 5.43 Å². The van der Waals surface area contributed by atoms with Crippen molar-refractivity contribution in [1.29, 1.82) is 0 Å². The van der Waals surface area contributed by atoms with Crippen LogP contribution in [0.2, 0.25) is 0 Å². The van der Waals surface area contributed by atoms with Gasteiger partial charge in [-0.3, -0.25) is 4.79 Å². The van der Waals surface area contributed by atoms with Gasteiger partial charge in [0.15, 0.2) is 0 Å². The van der Waals surface area contributed by atoms with Crippen LogP contribution in [0, 0.1) is 0 Å². The van der Waals surface area contributed by atoms with Crippen LogP contribution in [0.25, 0.3) is 10.8 Å². The quantitative estimate of drug-likeness (QED) is 0.748. The molecule has 1 aliphatic heterocycles. The molecule has 1 aliphatic rings. The van der Waals surface area contributed by atoms with Crippen molar-refractivity contribution in [2.75, 3.05) is 6.54 Å². The van der Waals surface area contributed by atoms with Gasteiger partial charge in [0.25, 0.3) is 0 Å². The average molecular weight is 300 g/mol. The molecule has 0 aliphatic carbocycles. The molecule has 0 aromatic heterocycles. The van der Waals surface area contributed by atoms with E-state index in [0.29, 0.717) is 17.8 Å². The molecule has 3 heteroatoms. The second-order valence-electron chi connectivity index (χ2n) is 5.71. The van der Waals surface area contributed by atoms with E-state index in [9.17, 15) is 4.79 Å². The second-order valence-corrected chi connectivity index (χ2v) is 5.71. The minimum Gasteiger partial charge on any atom is -0.309 e. The van der Waals surface area contributed by atoms with E-state index in [1.54, 1.807) is 0 Å². The van der Waals surface area contributed by atoms with E-state index in [1.165, 1.54) is 0 Å². The Morgan fingerprint density at radius 2 is 1.65 bits per heavy atom. The number of fused-ring (bicyclic) bond motifs is 1. The summed E-state index contributed by atoms with van der Waals surface area (Å²) in [5.41, 5.74) is 5.37. The number of ketones is 1. The van der Waals surface area contributed by atoms with Crippen molar-refractivity contribution in [3.05, 3.63) is 83.9 Å². The highest BCUT2D eigenvalue weighted by Crippen LogP contribution is 2.24. The van der Waals surface area contributed by atoms with Crippen LogP contribution >= 0.6 is 0 Å². The van der Waals surface area contributed by atoms with Crippen molar-refractivity contribution in [2.24, 2.45) is 5.10 Å². The van der Waals surface area contributed by atoms with E-state index < -0.39 is 0 Å². The van der Waals surface area contributed by atoms with Gasteiger partial charge in [0.1, 0.15) is 5.71 Å². The summed E-state index contributed by atoms with van der Waals surface area (Å²) < 4.78 is 0. The average Bonchev–Trinajstić information content (AvgIpc) is 3.11. The zero-order valence-corrected chi connectivity index (χ0v) is 12.6. The van der Waals surface area contributed by atoms with E-state index in [2.05, 4.69) is 10.5 Å². The molecule has 0 spiro atoms. The van der Waals surface area contributed by atoms with Crippen LogP contribution in [0.15, 0.2) is 77.9 Å². The zero-order valence-electron chi connectivity index (χ0n) is 12.6. The number of Topliss-reactive ketones (excluding diaryl/α,β-unsaturated/α-hetero) is 1. The van der Waals surface area contributed by atoms with Crippen molar-refractivity contribution in [1.82, 2.24) is 5.43 Å². The third-order valence-electron chi connectivity index (χ3n) is 4.27. The molecule has 3 nitrogen and oxygen atoms in total. The number of nitrogens with one attached hydrogen (secondary N) is 1. The first-order valence-electron chi connectivity index (χ1n) is 7.72. The van der Waals surface area contributed by atoms with Gasteiger partial charge in [0.05, 0.1) is 5.92 Å². The number of hydrazone groups is 1. The van der Waals surface area contributed by atoms with Crippen LogP contribution in [0.5, 0.6) is 0 Å². The predicted molar refractivity (Wildman–Crippen MR) is 92.9 cm³/mol. The molecule has 1 unspecified atom stereocenters. The molecular weight excluding hydrogens is 284 g/mol. The monoisotopic (exact) mass is 300 g/mol. The van der Waals surface area contributed by atoms with Crippen molar-refractivity contribution < 1.29 is 4.79 Å². The molecule has 4 rings (SSSR count). The molecule has 0 bridgehead atoms. The first kappa shape index (κ1) is 13.7. The zero-order chi connectivity index (χ0) is 15.6. The van der Waals surface area contributed by atoms with Gasteiger partial charge in [0.2, 0.25) is 5.78 Å². The standard InChI is InChI=1S/C20H16N2O/c23-20(17-11-10-14-6-4-5-9-16(14)12-17)19-18(13-21-22-19)15-7-2-1-3-8-15/h1-12,18,21H,13H2. The maximum absolute atomic E-state index is 12.9. The lowest BCUT2D eigenvalue weighted by Crippen LogP contribution is -2.21. The fourth-order valence-corrected chi connectivity index (χ4v) is 3.05. The Balaban J connectivity index is 1.69. The summed E-state index contributed by atoms with van der Waals surface area (Å²) in [7, 11) is 0. The molecule has 0 amide bonds. The highest BCUT2D eigenvalue weighted by atomic mass is 16.1. The Hall–Kier alpha value is -2.94. The molecule has 3 aromatic carbocycles. The first-order valence-corrected chi connectivity index (χ1v) is 7.72. The van der Waals surface area contributed by atoms with Crippen LogP contribution < -0.4 is 5.43 Å². The van der Waals surface area contributed by atoms with Gasteiger partial charge in [-0.05, 0) is 22.4 Å². The minimum absolute atomic E-state index is 0.00499. The molecule has 1 N–H and O–H groups in total. The number of rotatable bonds is 3. The van der Waals surface area contributed by atoms with E-state index in [-0.39, 0.29) is 11.7 Å². The molecule has 0 radical (unpaired) electrons. The predicted octanol–water partition coefficient (Wildman–Crippen LogP) is 3.77. The number of carbonyl (C=O) groups is 1. The normalized spacial score (nSPS) is 16.9. The number of nitrogens with zero attached hydrogens (tertiary/aromatic N) is 1. The summed E-state index contributed by atoms with van der Waals surface area (Å²) in [6, 6.07) is 23.9. The number of hydrogen-bond donors (Lipinski definition) is 1. The van der Waals surface area contributed by atoms with Crippen LogP contribution in [0.4, 0.5) is 0 Å². The largest absolute Gasteiger partial charge is 0.309 e. The lowest BCUT2D eigenvalue weighted by molar-refractivity contribution is 0.106. The maximum atomic E-state index is 12.9. The Morgan fingerprint density at radius 1 is 0.913 bits per heavy atom. The molecule has 0 saturated carbocycles. The van der Waals surface area contributed by atoms with Crippen LogP contribution in [-0.2, 0) is 0 Å². The summed E-state index contributed by atoms with van der Waals surface area (Å²) >= 11 is 0. The Kier molecular flexibility index (Phi) is 3.39. The van der Waals surface area contributed by atoms with Gasteiger partial charge >= 0.3 is 0 Å². The summed E-state index contributed by atoms with van der Waals surface area (Å²) in [5.74, 6) is 0.00442. The Morgan fingerprint density at radius 3 is 2.48 bits per heavy atom. The van der Waals surface area contributed by atoms with E-state index in [4.69, 9.17) is 0 Å². The highest BCUT2D eigenvalue weighted by Gasteiger charge is 2.29. The van der Waals surface area contributed by atoms with Crippen molar-refractivity contribution in [2.45, 2.75) is 5.92 Å². The number of benzene rings is 3. The van der Waals surface area contributed by atoms with Crippen LogP contribution in [-0.4, -0.2) is 18.0 Å². The third-order valence-corrected chi connectivity index (χ3v) is 4.27. The van der Waals surface area contributed by atoms with Crippen molar-refractivity contribution >= 4 is 22.3 Å². The molecule has 0 fully saturated rings. The van der Waals surface area contributed by atoms with Gasteiger partial charge in [0, 0.05) is 12.1 Å². The Bertz CT molecular complexity index is 900. The van der Waals surface area contributed by atoms with Crippen LogP contribution in [0.3, 0.4) is 0 Å². The van der Waals surface area contributed by atoms with Gasteiger partial charge in [-0.2, -0.15) is 5.10 Å². The lowest BCUT2D eigenvalue weighted by Gasteiger charge is -2.11. The summed E-state index contributed by atoms with van der Waals surface area (Å²) in [6.07, 6.45) is 0.